The van der Waals surface area contributed by atoms with Crippen molar-refractivity contribution in [1.82, 2.24) is 0 Å². The average molecular weight is 240 g/mol. The third kappa shape index (κ3) is 1.67. The summed E-state index contributed by atoms with van der Waals surface area (Å²) in [7, 11) is 0. The van der Waals surface area contributed by atoms with Crippen molar-refractivity contribution in [1.29, 1.82) is 0 Å². The number of carbonyl (C=O) groups is 1. The minimum absolute atomic E-state index is 0.0694. The summed E-state index contributed by atoms with van der Waals surface area (Å²) in [4.78, 5) is 11.7. The Morgan fingerprint density at radius 3 is 2.31 bits per heavy atom. The number of benzene rings is 1. The zero-order chi connectivity index (χ0) is 9.47. The fraction of sp³-hybridized carbons (Fsp3) is 0.300. The van der Waals surface area contributed by atoms with E-state index >= 15 is 0 Å². The maximum Gasteiger partial charge on any atom is 0.182 e. The Kier molecular flexibility index (Phi) is 2.00. The van der Waals surface area contributed by atoms with E-state index in [-0.39, 0.29) is 5.78 Å². The van der Waals surface area contributed by atoms with Gasteiger partial charge in [0.25, 0.3) is 0 Å². The lowest BCUT2D eigenvalue weighted by atomic mass is 10.0. The molecule has 1 aliphatic rings. The van der Waals surface area contributed by atoms with E-state index in [1.165, 1.54) is 0 Å². The van der Waals surface area contributed by atoms with Crippen LogP contribution in [0.2, 0.25) is 0 Å². The molecule has 0 heterocycles. The molecule has 1 fully saturated rings. The van der Waals surface area contributed by atoms with E-state index in [2.05, 4.69) is 15.9 Å². The second kappa shape index (κ2) is 2.93. The second-order valence-corrected chi connectivity index (χ2v) is 4.41. The molecule has 0 radical (unpaired) electrons. The molecule has 1 saturated carbocycles. The summed E-state index contributed by atoms with van der Waals surface area (Å²) in [5.74, 6) is 0.0694. The summed E-state index contributed by atoms with van der Waals surface area (Å²) in [6, 6.07) is 7.33. The fourth-order valence-electron chi connectivity index (χ4n) is 1.25. The zero-order valence-corrected chi connectivity index (χ0v) is 8.67. The van der Waals surface area contributed by atoms with Gasteiger partial charge in [0.15, 0.2) is 5.78 Å². The molecule has 0 aromatic heterocycles. The number of nitrogens with two attached hydrogens (primary N) is 1. The molecule has 2 N–H and O–H groups in total. The first kappa shape index (κ1) is 8.91. The molecule has 3 heteroatoms. The first-order valence-corrected chi connectivity index (χ1v) is 5.00. The van der Waals surface area contributed by atoms with E-state index in [1.807, 2.05) is 12.1 Å². The molecule has 1 aliphatic carbocycles. The van der Waals surface area contributed by atoms with Crippen molar-refractivity contribution in [3.05, 3.63) is 34.3 Å². The first-order chi connectivity index (χ1) is 6.12. The molecule has 0 aliphatic heterocycles. The molecule has 1 aromatic rings. The Hall–Kier alpha value is -0.670. The maximum atomic E-state index is 11.7. The lowest BCUT2D eigenvalue weighted by molar-refractivity contribution is 0.0949. The number of hydrogen-bond acceptors (Lipinski definition) is 2. The van der Waals surface area contributed by atoms with Crippen molar-refractivity contribution in [2.24, 2.45) is 5.73 Å². The highest BCUT2D eigenvalue weighted by Gasteiger charge is 2.45. The van der Waals surface area contributed by atoms with Gasteiger partial charge in [-0.25, -0.2) is 0 Å². The topological polar surface area (TPSA) is 43.1 Å². The molecule has 0 bridgehead atoms. The Bertz CT molecular complexity index is 340. The number of halogens is 1. The summed E-state index contributed by atoms with van der Waals surface area (Å²) < 4.78 is 0.978. The molecular formula is C10H10BrNO. The van der Waals surface area contributed by atoms with E-state index in [4.69, 9.17) is 5.73 Å². The van der Waals surface area contributed by atoms with Crippen molar-refractivity contribution in [2.75, 3.05) is 0 Å². The van der Waals surface area contributed by atoms with Crippen molar-refractivity contribution in [2.45, 2.75) is 18.4 Å². The summed E-state index contributed by atoms with van der Waals surface area (Å²) in [5.41, 5.74) is 5.96. The van der Waals surface area contributed by atoms with E-state index in [9.17, 15) is 4.79 Å². The van der Waals surface area contributed by atoms with Gasteiger partial charge in [-0.15, -0.1) is 0 Å². The van der Waals surface area contributed by atoms with E-state index in [0.717, 1.165) is 17.3 Å². The van der Waals surface area contributed by atoms with Crippen LogP contribution in [0.4, 0.5) is 0 Å². The molecule has 1 aromatic carbocycles. The predicted octanol–water partition coefficient (Wildman–Crippen LogP) is 2.12. The second-order valence-electron chi connectivity index (χ2n) is 3.49. The van der Waals surface area contributed by atoms with Gasteiger partial charge >= 0.3 is 0 Å². The van der Waals surface area contributed by atoms with Gasteiger partial charge in [0.2, 0.25) is 0 Å². The minimum Gasteiger partial charge on any atom is -0.319 e. The van der Waals surface area contributed by atoms with Crippen molar-refractivity contribution in [3.8, 4) is 0 Å². The van der Waals surface area contributed by atoms with E-state index in [1.54, 1.807) is 12.1 Å². The zero-order valence-electron chi connectivity index (χ0n) is 7.09. The number of ketones is 1. The molecule has 13 heavy (non-hydrogen) atoms. The molecule has 0 saturated heterocycles. The lowest BCUT2D eigenvalue weighted by Crippen LogP contribution is -2.32. The van der Waals surface area contributed by atoms with Crippen LogP contribution >= 0.6 is 15.9 Å². The molecule has 2 nitrogen and oxygen atoms in total. The Balaban J connectivity index is 2.26. The SMILES string of the molecule is NC1(C(=O)c2ccc(Br)cc2)CC1. The highest BCUT2D eigenvalue weighted by molar-refractivity contribution is 9.10. The average Bonchev–Trinajstić information content (AvgIpc) is 2.85. The van der Waals surface area contributed by atoms with Crippen LogP contribution in [0, 0.1) is 0 Å². The number of hydrogen-bond donors (Lipinski definition) is 1. The molecule has 0 atom stereocenters. The van der Waals surface area contributed by atoms with Crippen LogP contribution in [0.5, 0.6) is 0 Å². The predicted molar refractivity (Wildman–Crippen MR) is 54.6 cm³/mol. The molecular weight excluding hydrogens is 230 g/mol. The normalized spacial score (nSPS) is 18.3. The van der Waals surface area contributed by atoms with Crippen LogP contribution in [0.25, 0.3) is 0 Å². The summed E-state index contributed by atoms with van der Waals surface area (Å²) in [6.45, 7) is 0. The van der Waals surface area contributed by atoms with Crippen molar-refractivity contribution >= 4 is 21.7 Å². The Morgan fingerprint density at radius 2 is 1.85 bits per heavy atom. The Labute approximate surface area is 85.3 Å². The molecule has 68 valence electrons. The molecule has 0 spiro atoms. The standard InChI is InChI=1S/C10H10BrNO/c11-8-3-1-7(2-4-8)9(13)10(12)5-6-10/h1-4H,5-6,12H2. The first-order valence-electron chi connectivity index (χ1n) is 4.21. The Morgan fingerprint density at radius 1 is 1.31 bits per heavy atom. The van der Waals surface area contributed by atoms with Gasteiger partial charge in [-0.3, -0.25) is 4.79 Å². The van der Waals surface area contributed by atoms with Gasteiger partial charge in [0.1, 0.15) is 0 Å². The smallest absolute Gasteiger partial charge is 0.182 e. The lowest BCUT2D eigenvalue weighted by Gasteiger charge is -2.06. The molecule has 2 rings (SSSR count). The largest absolute Gasteiger partial charge is 0.319 e. The van der Waals surface area contributed by atoms with E-state index < -0.39 is 5.54 Å². The van der Waals surface area contributed by atoms with Gasteiger partial charge in [-0.1, -0.05) is 28.1 Å². The highest BCUT2D eigenvalue weighted by atomic mass is 79.9. The van der Waals surface area contributed by atoms with Crippen LogP contribution < -0.4 is 5.73 Å². The van der Waals surface area contributed by atoms with Crippen LogP contribution in [0.1, 0.15) is 23.2 Å². The number of Topliss-reactive ketones (excluding diaryl/α,β-unsaturated/α-hetero) is 1. The van der Waals surface area contributed by atoms with Gasteiger partial charge in [0, 0.05) is 10.0 Å². The van der Waals surface area contributed by atoms with Crippen LogP contribution in [-0.2, 0) is 0 Å². The fourth-order valence-corrected chi connectivity index (χ4v) is 1.51. The maximum absolute atomic E-state index is 11.7. The van der Waals surface area contributed by atoms with Crippen molar-refractivity contribution in [3.63, 3.8) is 0 Å². The quantitative estimate of drug-likeness (QED) is 0.804. The van der Waals surface area contributed by atoms with Gasteiger partial charge in [0.05, 0.1) is 5.54 Å². The third-order valence-corrected chi connectivity index (χ3v) is 2.88. The van der Waals surface area contributed by atoms with Crippen LogP contribution in [0.15, 0.2) is 28.7 Å². The van der Waals surface area contributed by atoms with Crippen molar-refractivity contribution < 1.29 is 4.79 Å². The van der Waals surface area contributed by atoms with Gasteiger partial charge < -0.3 is 5.73 Å². The summed E-state index contributed by atoms with van der Waals surface area (Å²) >= 11 is 3.32. The van der Waals surface area contributed by atoms with Crippen LogP contribution in [-0.4, -0.2) is 11.3 Å². The number of carbonyl (C=O) groups excluding carboxylic acids is 1. The van der Waals surface area contributed by atoms with E-state index in [0.29, 0.717) is 5.56 Å². The monoisotopic (exact) mass is 239 g/mol. The summed E-state index contributed by atoms with van der Waals surface area (Å²) in [6.07, 6.45) is 1.64. The number of rotatable bonds is 2. The van der Waals surface area contributed by atoms with Gasteiger partial charge in [-0.05, 0) is 25.0 Å². The molecule has 0 unspecified atom stereocenters. The third-order valence-electron chi connectivity index (χ3n) is 2.35. The highest BCUT2D eigenvalue weighted by Crippen LogP contribution is 2.35. The van der Waals surface area contributed by atoms with Crippen LogP contribution in [0.3, 0.4) is 0 Å². The van der Waals surface area contributed by atoms with Gasteiger partial charge in [-0.2, -0.15) is 0 Å². The summed E-state index contributed by atoms with van der Waals surface area (Å²) in [5, 5.41) is 0. The minimum atomic E-state index is -0.548. The molecule has 0 amide bonds.